The molecule has 5 heteroatoms. The van der Waals surface area contributed by atoms with Gasteiger partial charge in [0.05, 0.1) is 0 Å². The maximum atomic E-state index is 12.0. The highest BCUT2D eigenvalue weighted by molar-refractivity contribution is 9.10. The smallest absolute Gasteiger partial charge is 0.250 e. The summed E-state index contributed by atoms with van der Waals surface area (Å²) in [6.45, 7) is 0. The fourth-order valence-corrected chi connectivity index (χ4v) is 3.10. The SMILES string of the molecule is O=C(C=Cc1ccccc1)NC(=S)Nc1ccc(Br)c2ccccc12. The number of nitrogens with one attached hydrogen (secondary N) is 2. The van der Waals surface area contributed by atoms with Crippen LogP contribution in [0.3, 0.4) is 0 Å². The summed E-state index contributed by atoms with van der Waals surface area (Å²) in [7, 11) is 0. The summed E-state index contributed by atoms with van der Waals surface area (Å²) in [6, 6.07) is 21.5. The van der Waals surface area contributed by atoms with Gasteiger partial charge in [0.25, 0.3) is 0 Å². The molecule has 124 valence electrons. The quantitative estimate of drug-likeness (QED) is 0.464. The van der Waals surface area contributed by atoms with Gasteiger partial charge in [0, 0.05) is 21.6 Å². The second-order valence-corrected chi connectivity index (χ2v) is 6.59. The second-order valence-electron chi connectivity index (χ2n) is 5.33. The van der Waals surface area contributed by atoms with E-state index >= 15 is 0 Å². The number of rotatable bonds is 3. The Morgan fingerprint density at radius 3 is 2.36 bits per heavy atom. The molecular weight excluding hydrogens is 396 g/mol. The molecule has 3 rings (SSSR count). The van der Waals surface area contributed by atoms with Crippen LogP contribution in [0.4, 0.5) is 5.69 Å². The second kappa shape index (κ2) is 8.05. The van der Waals surface area contributed by atoms with E-state index in [0.717, 1.165) is 26.5 Å². The number of fused-ring (bicyclic) bond motifs is 1. The minimum absolute atomic E-state index is 0.259. The van der Waals surface area contributed by atoms with Gasteiger partial charge in [-0.25, -0.2) is 0 Å². The van der Waals surface area contributed by atoms with Gasteiger partial charge < -0.3 is 5.32 Å². The molecule has 0 saturated carbocycles. The Kier molecular flexibility index (Phi) is 5.58. The van der Waals surface area contributed by atoms with Crippen molar-refractivity contribution in [2.45, 2.75) is 0 Å². The van der Waals surface area contributed by atoms with Crippen molar-refractivity contribution in [3.63, 3.8) is 0 Å². The third-order valence-electron chi connectivity index (χ3n) is 3.58. The van der Waals surface area contributed by atoms with Crippen molar-refractivity contribution in [2.24, 2.45) is 0 Å². The maximum Gasteiger partial charge on any atom is 0.250 e. The van der Waals surface area contributed by atoms with Crippen LogP contribution in [-0.2, 0) is 4.79 Å². The summed E-state index contributed by atoms with van der Waals surface area (Å²) in [5.41, 5.74) is 1.80. The first-order valence-corrected chi connectivity index (χ1v) is 8.86. The van der Waals surface area contributed by atoms with Crippen LogP contribution >= 0.6 is 28.1 Å². The molecule has 3 aromatic carbocycles. The fourth-order valence-electron chi connectivity index (χ4n) is 2.41. The van der Waals surface area contributed by atoms with Crippen molar-refractivity contribution >= 4 is 61.7 Å². The van der Waals surface area contributed by atoms with E-state index < -0.39 is 0 Å². The summed E-state index contributed by atoms with van der Waals surface area (Å²) >= 11 is 8.79. The highest BCUT2D eigenvalue weighted by atomic mass is 79.9. The summed E-state index contributed by atoms with van der Waals surface area (Å²) in [6.07, 6.45) is 3.20. The molecule has 0 radical (unpaired) electrons. The first kappa shape index (κ1) is 17.3. The minimum Gasteiger partial charge on any atom is -0.332 e. The van der Waals surface area contributed by atoms with Gasteiger partial charge in [-0.15, -0.1) is 0 Å². The molecule has 0 unspecified atom stereocenters. The third-order valence-corrected chi connectivity index (χ3v) is 4.48. The van der Waals surface area contributed by atoms with Crippen LogP contribution in [0.5, 0.6) is 0 Å². The number of anilines is 1. The Labute approximate surface area is 159 Å². The van der Waals surface area contributed by atoms with Crippen molar-refractivity contribution in [3.8, 4) is 0 Å². The lowest BCUT2D eigenvalue weighted by molar-refractivity contribution is -0.115. The van der Waals surface area contributed by atoms with Gasteiger partial charge in [-0.05, 0) is 41.4 Å². The lowest BCUT2D eigenvalue weighted by Crippen LogP contribution is -2.32. The Balaban J connectivity index is 1.68. The molecule has 0 fully saturated rings. The first-order chi connectivity index (χ1) is 12.1. The van der Waals surface area contributed by atoms with Crippen molar-refractivity contribution < 1.29 is 4.79 Å². The Bertz CT molecular complexity index is 954. The van der Waals surface area contributed by atoms with E-state index in [1.165, 1.54) is 6.08 Å². The number of carbonyl (C=O) groups excluding carboxylic acids is 1. The fraction of sp³-hybridized carbons (Fsp3) is 0. The lowest BCUT2D eigenvalue weighted by Gasteiger charge is -2.12. The van der Waals surface area contributed by atoms with E-state index in [1.807, 2.05) is 66.7 Å². The monoisotopic (exact) mass is 410 g/mol. The van der Waals surface area contributed by atoms with Crippen molar-refractivity contribution in [3.05, 3.63) is 82.8 Å². The molecule has 2 N–H and O–H groups in total. The van der Waals surface area contributed by atoms with Crippen LogP contribution in [0.2, 0.25) is 0 Å². The molecule has 0 aliphatic heterocycles. The number of carbonyl (C=O) groups is 1. The molecule has 0 aliphatic rings. The normalized spacial score (nSPS) is 10.8. The summed E-state index contributed by atoms with van der Waals surface area (Å²) in [5.74, 6) is -0.275. The summed E-state index contributed by atoms with van der Waals surface area (Å²) < 4.78 is 1.01. The molecule has 0 aromatic heterocycles. The van der Waals surface area contributed by atoms with E-state index in [2.05, 4.69) is 26.6 Å². The maximum absolute atomic E-state index is 12.0. The zero-order valence-corrected chi connectivity index (χ0v) is 15.6. The minimum atomic E-state index is -0.275. The van der Waals surface area contributed by atoms with Gasteiger partial charge in [0.1, 0.15) is 0 Å². The Morgan fingerprint density at radius 2 is 1.60 bits per heavy atom. The molecule has 3 nitrogen and oxygen atoms in total. The van der Waals surface area contributed by atoms with E-state index in [4.69, 9.17) is 12.2 Å². The number of benzene rings is 3. The van der Waals surface area contributed by atoms with Gasteiger partial charge in [0.2, 0.25) is 5.91 Å². The van der Waals surface area contributed by atoms with Gasteiger partial charge in [-0.2, -0.15) is 0 Å². The molecule has 1 amide bonds. The van der Waals surface area contributed by atoms with Crippen LogP contribution in [-0.4, -0.2) is 11.0 Å². The molecule has 3 aromatic rings. The number of amides is 1. The molecule has 0 saturated heterocycles. The van der Waals surface area contributed by atoms with Crippen LogP contribution in [0, 0.1) is 0 Å². The lowest BCUT2D eigenvalue weighted by atomic mass is 10.1. The molecular formula is C20H15BrN2OS. The van der Waals surface area contributed by atoms with Crippen molar-refractivity contribution in [1.82, 2.24) is 5.32 Å². The largest absolute Gasteiger partial charge is 0.332 e. The number of halogens is 1. The van der Waals surface area contributed by atoms with Gasteiger partial charge in [-0.1, -0.05) is 70.5 Å². The van der Waals surface area contributed by atoms with Crippen molar-refractivity contribution in [1.29, 1.82) is 0 Å². The van der Waals surface area contributed by atoms with E-state index in [0.29, 0.717) is 0 Å². The van der Waals surface area contributed by atoms with Crippen LogP contribution in [0.25, 0.3) is 16.8 Å². The van der Waals surface area contributed by atoms with E-state index in [1.54, 1.807) is 6.08 Å². The van der Waals surface area contributed by atoms with E-state index in [9.17, 15) is 4.79 Å². The molecule has 0 bridgehead atoms. The zero-order valence-electron chi connectivity index (χ0n) is 13.2. The third kappa shape index (κ3) is 4.53. The average Bonchev–Trinajstić information content (AvgIpc) is 2.63. The topological polar surface area (TPSA) is 41.1 Å². The molecule has 0 aliphatic carbocycles. The Morgan fingerprint density at radius 1 is 0.920 bits per heavy atom. The van der Waals surface area contributed by atoms with Crippen LogP contribution in [0.1, 0.15) is 5.56 Å². The van der Waals surface area contributed by atoms with Gasteiger partial charge in [0.15, 0.2) is 5.11 Å². The number of thiocarbonyl (C=S) groups is 1. The first-order valence-electron chi connectivity index (χ1n) is 7.66. The van der Waals surface area contributed by atoms with Crippen LogP contribution in [0.15, 0.2) is 77.3 Å². The highest BCUT2D eigenvalue weighted by Gasteiger charge is 2.07. The number of hydrogen-bond acceptors (Lipinski definition) is 2. The standard InChI is InChI=1S/C20H15BrN2OS/c21-17-11-12-18(16-9-5-4-8-15(16)17)22-20(25)23-19(24)13-10-14-6-2-1-3-7-14/h1-13H,(H2,22,23,24,25). The average molecular weight is 411 g/mol. The molecule has 0 heterocycles. The molecule has 25 heavy (non-hydrogen) atoms. The number of hydrogen-bond donors (Lipinski definition) is 2. The Hall–Kier alpha value is -2.50. The van der Waals surface area contributed by atoms with Gasteiger partial charge in [-0.3, -0.25) is 10.1 Å². The zero-order chi connectivity index (χ0) is 17.6. The highest BCUT2D eigenvalue weighted by Crippen LogP contribution is 2.29. The van der Waals surface area contributed by atoms with Gasteiger partial charge >= 0.3 is 0 Å². The summed E-state index contributed by atoms with van der Waals surface area (Å²) in [4.78, 5) is 12.0. The predicted molar refractivity (Wildman–Crippen MR) is 111 cm³/mol. The predicted octanol–water partition coefficient (Wildman–Crippen LogP) is 5.13. The molecule has 0 spiro atoms. The van der Waals surface area contributed by atoms with E-state index in [-0.39, 0.29) is 11.0 Å². The van der Waals surface area contributed by atoms with Crippen molar-refractivity contribution in [2.75, 3.05) is 5.32 Å². The van der Waals surface area contributed by atoms with Crippen LogP contribution < -0.4 is 10.6 Å². The summed E-state index contributed by atoms with van der Waals surface area (Å²) in [5, 5.41) is 8.10. The molecule has 0 atom stereocenters.